The normalized spacial score (nSPS) is 10.2. The van der Waals surface area contributed by atoms with Gasteiger partial charge in [-0.3, -0.25) is 9.79 Å². The molecule has 1 aromatic carbocycles. The van der Waals surface area contributed by atoms with Crippen LogP contribution in [0.15, 0.2) is 48.1 Å². The second-order valence-corrected chi connectivity index (χ2v) is 3.82. The zero-order chi connectivity index (χ0) is 13.1. The van der Waals surface area contributed by atoms with Crippen LogP contribution in [0.5, 0.6) is 0 Å². The summed E-state index contributed by atoms with van der Waals surface area (Å²) in [5.41, 5.74) is 1.14. The molecule has 0 heterocycles. The molecule has 0 atom stereocenters. The van der Waals surface area contributed by atoms with Crippen LogP contribution in [0.25, 0.3) is 0 Å². The molecule has 18 heavy (non-hydrogen) atoms. The predicted molar refractivity (Wildman–Crippen MR) is 74.2 cm³/mol. The summed E-state index contributed by atoms with van der Waals surface area (Å²) in [6.45, 7) is 5.57. The Morgan fingerprint density at radius 1 is 1.33 bits per heavy atom. The highest BCUT2D eigenvalue weighted by Crippen LogP contribution is 2.03. The highest BCUT2D eigenvalue weighted by atomic mass is 16.1. The average molecular weight is 245 g/mol. The van der Waals surface area contributed by atoms with E-state index in [0.717, 1.165) is 18.4 Å². The number of nitrogens with one attached hydrogen (secondary N) is 1. The van der Waals surface area contributed by atoms with Crippen LogP contribution in [-0.4, -0.2) is 30.7 Å². The van der Waals surface area contributed by atoms with Gasteiger partial charge in [-0.15, -0.1) is 0 Å². The summed E-state index contributed by atoms with van der Waals surface area (Å²) in [5, 5.41) is 2.78. The Balaban J connectivity index is 2.26. The lowest BCUT2D eigenvalue weighted by Crippen LogP contribution is -2.23. The number of rotatable bonds is 9. The first kappa shape index (κ1) is 14.0. The van der Waals surface area contributed by atoms with Crippen molar-refractivity contribution < 1.29 is 4.79 Å². The zero-order valence-corrected chi connectivity index (χ0v) is 10.5. The van der Waals surface area contributed by atoms with E-state index in [1.165, 1.54) is 0 Å². The Morgan fingerprint density at radius 3 is 2.78 bits per heavy atom. The first-order chi connectivity index (χ1) is 8.86. The van der Waals surface area contributed by atoms with Crippen molar-refractivity contribution in [3.63, 3.8) is 0 Å². The molecule has 0 aliphatic rings. The van der Waals surface area contributed by atoms with Crippen LogP contribution in [0.3, 0.4) is 0 Å². The van der Waals surface area contributed by atoms with Gasteiger partial charge in [-0.1, -0.05) is 36.9 Å². The Kier molecular flexibility index (Phi) is 6.97. The number of hydrogen-bond donors (Lipinski definition) is 1. The van der Waals surface area contributed by atoms with Gasteiger partial charge in [-0.05, 0) is 18.2 Å². The minimum Gasteiger partial charge on any atom is -0.354 e. The molecule has 1 amide bonds. The van der Waals surface area contributed by atoms with Crippen molar-refractivity contribution in [2.75, 3.05) is 13.1 Å². The molecule has 0 aromatic heterocycles. The highest BCUT2D eigenvalue weighted by Gasteiger charge is 2.01. The number of carbonyl (C=O) groups excluding carboxylic acids is 1. The van der Waals surface area contributed by atoms with Crippen molar-refractivity contribution in [1.82, 2.24) is 10.2 Å². The van der Waals surface area contributed by atoms with Crippen molar-refractivity contribution in [1.29, 1.82) is 0 Å². The lowest BCUT2D eigenvalue weighted by molar-refractivity contribution is -0.118. The first-order valence-electron chi connectivity index (χ1n) is 5.95. The molecule has 0 bridgehead atoms. The number of nitrogens with zero attached hydrogens (tertiary/aromatic N) is 2. The van der Waals surface area contributed by atoms with Crippen molar-refractivity contribution in [3.8, 4) is 0 Å². The molecule has 1 N–H and O–H groups in total. The van der Waals surface area contributed by atoms with Gasteiger partial charge in [0.25, 0.3) is 0 Å². The van der Waals surface area contributed by atoms with Crippen LogP contribution >= 0.6 is 0 Å². The Labute approximate surface area is 108 Å². The molecule has 0 spiro atoms. The molecule has 1 rings (SSSR count). The molecule has 0 aliphatic heterocycles. The van der Waals surface area contributed by atoms with Gasteiger partial charge >= 0.3 is 0 Å². The molecule has 4 nitrogen and oxygen atoms in total. The molecule has 0 saturated heterocycles. The summed E-state index contributed by atoms with van der Waals surface area (Å²) in [6.07, 6.45) is 4.91. The number of amides is 1. The third-order valence-corrected chi connectivity index (χ3v) is 2.39. The molecule has 0 radical (unpaired) electrons. The van der Waals surface area contributed by atoms with Gasteiger partial charge < -0.3 is 10.2 Å². The van der Waals surface area contributed by atoms with E-state index in [2.05, 4.69) is 16.9 Å². The largest absolute Gasteiger partial charge is 0.354 e. The standard InChI is InChI=1S/C14H19N3O/c1-2-15-12-16-9-6-10-17(13-18)11-14-7-4-3-5-8-14/h2-5,7-8,12-13H,1,6,9-11H2,(H,15,16). The van der Waals surface area contributed by atoms with Crippen LogP contribution in [-0.2, 0) is 11.3 Å². The number of hydrogen-bond acceptors (Lipinski definition) is 2. The Hall–Kier alpha value is -2.10. The predicted octanol–water partition coefficient (Wildman–Crippen LogP) is 1.80. The van der Waals surface area contributed by atoms with Crippen molar-refractivity contribution in [2.24, 2.45) is 4.99 Å². The second-order valence-electron chi connectivity index (χ2n) is 3.82. The summed E-state index contributed by atoms with van der Waals surface area (Å²) >= 11 is 0. The van der Waals surface area contributed by atoms with E-state index >= 15 is 0 Å². The lowest BCUT2D eigenvalue weighted by atomic mass is 10.2. The van der Waals surface area contributed by atoms with Crippen molar-refractivity contribution >= 4 is 12.7 Å². The Morgan fingerprint density at radius 2 is 2.11 bits per heavy atom. The SMILES string of the molecule is C=CNC=NCCCN(C=O)Cc1ccccc1. The lowest BCUT2D eigenvalue weighted by Gasteiger charge is -2.16. The summed E-state index contributed by atoms with van der Waals surface area (Å²) in [5.74, 6) is 0. The van der Waals surface area contributed by atoms with Gasteiger partial charge in [0.15, 0.2) is 0 Å². The van der Waals surface area contributed by atoms with Gasteiger partial charge in [0.05, 0.1) is 6.34 Å². The fraction of sp³-hybridized carbons (Fsp3) is 0.286. The molecule has 0 aliphatic carbocycles. The molecule has 0 fully saturated rings. The molecule has 4 heteroatoms. The smallest absolute Gasteiger partial charge is 0.210 e. The summed E-state index contributed by atoms with van der Waals surface area (Å²) in [4.78, 5) is 16.8. The second kappa shape index (κ2) is 8.98. The molecule has 0 unspecified atom stereocenters. The molecular formula is C14H19N3O. The maximum absolute atomic E-state index is 10.9. The van der Waals surface area contributed by atoms with Crippen LogP contribution in [0, 0.1) is 0 Å². The first-order valence-corrected chi connectivity index (χ1v) is 5.95. The van der Waals surface area contributed by atoms with E-state index in [1.807, 2.05) is 30.3 Å². The minimum absolute atomic E-state index is 0.652. The van der Waals surface area contributed by atoms with Crippen molar-refractivity contribution in [2.45, 2.75) is 13.0 Å². The van der Waals surface area contributed by atoms with Gasteiger partial charge in [-0.25, -0.2) is 0 Å². The third kappa shape index (κ3) is 5.84. The van der Waals surface area contributed by atoms with E-state index < -0.39 is 0 Å². The quantitative estimate of drug-likeness (QED) is 0.312. The van der Waals surface area contributed by atoms with E-state index in [0.29, 0.717) is 19.6 Å². The minimum atomic E-state index is 0.652. The molecule has 0 saturated carbocycles. The third-order valence-electron chi connectivity index (χ3n) is 2.39. The van der Waals surface area contributed by atoms with E-state index in [9.17, 15) is 4.79 Å². The van der Waals surface area contributed by atoms with Crippen LogP contribution in [0.1, 0.15) is 12.0 Å². The summed E-state index contributed by atoms with van der Waals surface area (Å²) in [7, 11) is 0. The Bertz CT molecular complexity index is 376. The summed E-state index contributed by atoms with van der Waals surface area (Å²) in [6, 6.07) is 9.95. The van der Waals surface area contributed by atoms with Gasteiger partial charge in [-0.2, -0.15) is 0 Å². The zero-order valence-electron chi connectivity index (χ0n) is 10.5. The average Bonchev–Trinajstić information content (AvgIpc) is 2.42. The van der Waals surface area contributed by atoms with E-state index in [4.69, 9.17) is 0 Å². The molecule has 96 valence electrons. The van der Waals surface area contributed by atoms with Crippen LogP contribution < -0.4 is 5.32 Å². The van der Waals surface area contributed by atoms with Gasteiger partial charge in [0.2, 0.25) is 6.41 Å². The van der Waals surface area contributed by atoms with Gasteiger partial charge in [0.1, 0.15) is 0 Å². The number of aliphatic imine (C=N–C) groups is 1. The van der Waals surface area contributed by atoms with Gasteiger partial charge in [0, 0.05) is 19.6 Å². The number of benzene rings is 1. The maximum Gasteiger partial charge on any atom is 0.210 e. The monoisotopic (exact) mass is 245 g/mol. The van der Waals surface area contributed by atoms with E-state index in [1.54, 1.807) is 17.4 Å². The fourth-order valence-electron chi connectivity index (χ4n) is 1.52. The van der Waals surface area contributed by atoms with Crippen LogP contribution in [0.4, 0.5) is 0 Å². The number of carbonyl (C=O) groups is 1. The maximum atomic E-state index is 10.9. The summed E-state index contributed by atoms with van der Waals surface area (Å²) < 4.78 is 0. The highest BCUT2D eigenvalue weighted by molar-refractivity contribution is 5.55. The molecular weight excluding hydrogens is 226 g/mol. The van der Waals surface area contributed by atoms with Crippen molar-refractivity contribution in [3.05, 3.63) is 48.7 Å². The topological polar surface area (TPSA) is 44.7 Å². The van der Waals surface area contributed by atoms with Crippen LogP contribution in [0.2, 0.25) is 0 Å². The van der Waals surface area contributed by atoms with E-state index in [-0.39, 0.29) is 0 Å². The fourth-order valence-corrected chi connectivity index (χ4v) is 1.52. The molecule has 1 aromatic rings.